The fourth-order valence-corrected chi connectivity index (χ4v) is 1.27. The molecular formula is C10H16FN3O. The molecule has 0 unspecified atom stereocenters. The lowest BCUT2D eigenvalue weighted by atomic mass is 10.0. The Morgan fingerprint density at radius 3 is 2.93 bits per heavy atom. The molecule has 0 aromatic carbocycles. The zero-order valence-corrected chi connectivity index (χ0v) is 8.92. The van der Waals surface area contributed by atoms with Crippen molar-refractivity contribution in [2.24, 2.45) is 5.92 Å². The highest BCUT2D eigenvalue weighted by Crippen LogP contribution is 2.15. The minimum Gasteiger partial charge on any atom is -0.396 e. The maximum Gasteiger partial charge on any atom is 0.144 e. The first-order chi connectivity index (χ1) is 7.17. The van der Waals surface area contributed by atoms with E-state index in [-0.39, 0.29) is 18.3 Å². The zero-order chi connectivity index (χ0) is 11.3. The van der Waals surface area contributed by atoms with Crippen molar-refractivity contribution in [3.8, 4) is 0 Å². The van der Waals surface area contributed by atoms with E-state index >= 15 is 0 Å². The molecule has 0 saturated carbocycles. The largest absolute Gasteiger partial charge is 0.396 e. The van der Waals surface area contributed by atoms with Crippen molar-refractivity contribution in [1.29, 1.82) is 0 Å². The van der Waals surface area contributed by atoms with Gasteiger partial charge in [-0.15, -0.1) is 0 Å². The second-order valence-corrected chi connectivity index (χ2v) is 3.53. The average molecular weight is 213 g/mol. The van der Waals surface area contributed by atoms with Crippen molar-refractivity contribution in [3.63, 3.8) is 0 Å². The molecule has 1 rings (SSSR count). The van der Waals surface area contributed by atoms with Gasteiger partial charge < -0.3 is 10.5 Å². The summed E-state index contributed by atoms with van der Waals surface area (Å²) in [5.74, 6) is 0.278. The smallest absolute Gasteiger partial charge is 0.144 e. The van der Waals surface area contributed by atoms with E-state index in [2.05, 4.69) is 15.8 Å². The number of pyridine rings is 1. The third kappa shape index (κ3) is 3.45. The number of hydrogen-bond acceptors (Lipinski definition) is 4. The molecule has 0 aliphatic rings. The van der Waals surface area contributed by atoms with Gasteiger partial charge in [-0.2, -0.15) is 0 Å². The van der Waals surface area contributed by atoms with E-state index in [0.29, 0.717) is 17.8 Å². The summed E-state index contributed by atoms with van der Waals surface area (Å²) >= 11 is 0. The highest BCUT2D eigenvalue weighted by molar-refractivity contribution is 5.37. The molecule has 5 heteroatoms. The molecule has 0 spiro atoms. The lowest BCUT2D eigenvalue weighted by Gasteiger charge is -2.10. The minimum atomic E-state index is -0.336. The Hall–Kier alpha value is -1.20. The van der Waals surface area contributed by atoms with Crippen LogP contribution in [-0.4, -0.2) is 23.7 Å². The minimum absolute atomic E-state index is 0.0457. The van der Waals surface area contributed by atoms with Crippen molar-refractivity contribution in [2.45, 2.75) is 13.3 Å². The van der Waals surface area contributed by atoms with Crippen LogP contribution >= 0.6 is 0 Å². The second-order valence-electron chi connectivity index (χ2n) is 3.53. The summed E-state index contributed by atoms with van der Waals surface area (Å²) in [5.41, 5.74) is 6.05. The number of halogens is 1. The van der Waals surface area contributed by atoms with Gasteiger partial charge >= 0.3 is 0 Å². The molecule has 0 saturated heterocycles. The van der Waals surface area contributed by atoms with Crippen LogP contribution in [0, 0.1) is 11.7 Å². The fourth-order valence-electron chi connectivity index (χ4n) is 1.27. The Kier molecular flexibility index (Phi) is 4.45. The number of rotatable bonds is 5. The first-order valence-electron chi connectivity index (χ1n) is 4.85. The summed E-state index contributed by atoms with van der Waals surface area (Å²) in [4.78, 5) is 3.85. The number of hydrogen-bond donors (Lipinski definition) is 3. The third-order valence-electron chi connectivity index (χ3n) is 2.07. The van der Waals surface area contributed by atoms with E-state index in [9.17, 15) is 4.39 Å². The van der Waals surface area contributed by atoms with Gasteiger partial charge in [0.1, 0.15) is 11.6 Å². The molecule has 1 aromatic heterocycles. The monoisotopic (exact) mass is 213 g/mol. The molecule has 0 radical (unpaired) electrons. The van der Waals surface area contributed by atoms with Crippen molar-refractivity contribution < 1.29 is 9.50 Å². The topological polar surface area (TPSA) is 57.2 Å². The Bertz CT molecular complexity index is 320. The van der Waals surface area contributed by atoms with E-state index < -0.39 is 0 Å². The van der Waals surface area contributed by atoms with Gasteiger partial charge in [0.05, 0.1) is 6.20 Å². The van der Waals surface area contributed by atoms with Gasteiger partial charge in [-0.3, -0.25) is 0 Å². The maximum absolute atomic E-state index is 13.3. The number of aromatic nitrogens is 1. The SMILES string of the molecule is CNNc1cc(C[C@H](C)CO)c(F)cn1. The Morgan fingerprint density at radius 2 is 2.33 bits per heavy atom. The quantitative estimate of drug-likeness (QED) is 0.637. The summed E-state index contributed by atoms with van der Waals surface area (Å²) in [6.07, 6.45) is 1.68. The van der Waals surface area contributed by atoms with Crippen molar-refractivity contribution >= 4 is 5.82 Å². The maximum atomic E-state index is 13.3. The van der Waals surface area contributed by atoms with Gasteiger partial charge in [-0.05, 0) is 24.0 Å². The Labute approximate surface area is 88.5 Å². The number of aliphatic hydroxyl groups excluding tert-OH is 1. The zero-order valence-electron chi connectivity index (χ0n) is 8.92. The van der Waals surface area contributed by atoms with E-state index in [1.165, 1.54) is 6.20 Å². The van der Waals surface area contributed by atoms with Crippen LogP contribution in [0.2, 0.25) is 0 Å². The van der Waals surface area contributed by atoms with Crippen molar-refractivity contribution in [1.82, 2.24) is 10.4 Å². The van der Waals surface area contributed by atoms with Crippen LogP contribution in [-0.2, 0) is 6.42 Å². The summed E-state index contributed by atoms with van der Waals surface area (Å²) in [7, 11) is 1.71. The molecule has 0 bridgehead atoms. The van der Waals surface area contributed by atoms with Gasteiger partial charge in [-0.25, -0.2) is 14.8 Å². The molecule has 4 nitrogen and oxygen atoms in total. The lowest BCUT2D eigenvalue weighted by molar-refractivity contribution is 0.236. The molecule has 0 aliphatic carbocycles. The first-order valence-corrected chi connectivity index (χ1v) is 4.85. The number of nitrogens with one attached hydrogen (secondary N) is 2. The van der Waals surface area contributed by atoms with Crippen LogP contribution in [0.3, 0.4) is 0 Å². The average Bonchev–Trinajstić information content (AvgIpc) is 2.23. The third-order valence-corrected chi connectivity index (χ3v) is 2.07. The lowest BCUT2D eigenvalue weighted by Crippen LogP contribution is -2.16. The van der Waals surface area contributed by atoms with E-state index in [1.54, 1.807) is 13.1 Å². The number of nitrogens with zero attached hydrogens (tertiary/aromatic N) is 1. The molecule has 3 N–H and O–H groups in total. The highest BCUT2D eigenvalue weighted by Gasteiger charge is 2.08. The van der Waals surface area contributed by atoms with Crippen LogP contribution in [0.25, 0.3) is 0 Å². The van der Waals surface area contributed by atoms with Crippen LogP contribution in [0.5, 0.6) is 0 Å². The Morgan fingerprint density at radius 1 is 1.60 bits per heavy atom. The highest BCUT2D eigenvalue weighted by atomic mass is 19.1. The van der Waals surface area contributed by atoms with E-state index in [0.717, 1.165) is 0 Å². The summed E-state index contributed by atoms with van der Waals surface area (Å²) in [6, 6.07) is 1.64. The van der Waals surface area contributed by atoms with Gasteiger partial charge in [0.15, 0.2) is 0 Å². The van der Waals surface area contributed by atoms with E-state index in [4.69, 9.17) is 5.11 Å². The van der Waals surface area contributed by atoms with Crippen LogP contribution < -0.4 is 10.9 Å². The molecule has 1 aromatic rings. The predicted octanol–water partition coefficient (Wildman–Crippen LogP) is 0.938. The normalized spacial score (nSPS) is 12.5. The van der Waals surface area contributed by atoms with Gasteiger partial charge in [0.25, 0.3) is 0 Å². The van der Waals surface area contributed by atoms with Crippen LogP contribution in [0.4, 0.5) is 10.2 Å². The molecule has 1 heterocycles. The standard InChI is InChI=1S/C10H16FN3O/c1-7(6-15)3-8-4-10(14-12-2)13-5-9(8)11/h4-5,7,12,15H,3,6H2,1-2H3,(H,13,14)/t7-/m0/s1. The predicted molar refractivity (Wildman–Crippen MR) is 56.8 cm³/mol. The summed E-state index contributed by atoms with van der Waals surface area (Å²) < 4.78 is 13.3. The summed E-state index contributed by atoms with van der Waals surface area (Å²) in [6.45, 7) is 1.92. The Balaban J connectivity index is 2.80. The van der Waals surface area contributed by atoms with Crippen LogP contribution in [0.1, 0.15) is 12.5 Å². The van der Waals surface area contributed by atoms with Crippen molar-refractivity contribution in [2.75, 3.05) is 19.1 Å². The first kappa shape index (κ1) is 11.9. The summed E-state index contributed by atoms with van der Waals surface area (Å²) in [5, 5.41) is 8.89. The van der Waals surface area contributed by atoms with E-state index in [1.807, 2.05) is 6.92 Å². The van der Waals surface area contributed by atoms with Gasteiger partial charge in [-0.1, -0.05) is 6.92 Å². The number of hydrazine groups is 1. The van der Waals surface area contributed by atoms with Crippen LogP contribution in [0.15, 0.2) is 12.3 Å². The molecule has 0 aliphatic heterocycles. The molecule has 1 atom stereocenters. The van der Waals surface area contributed by atoms with Gasteiger partial charge in [0, 0.05) is 13.7 Å². The molecule has 15 heavy (non-hydrogen) atoms. The van der Waals surface area contributed by atoms with Gasteiger partial charge in [0.2, 0.25) is 0 Å². The number of anilines is 1. The molecule has 84 valence electrons. The van der Waals surface area contributed by atoms with Crippen molar-refractivity contribution in [3.05, 3.63) is 23.6 Å². The molecular weight excluding hydrogens is 197 g/mol. The molecule has 0 fully saturated rings. The molecule has 0 amide bonds. The second kappa shape index (κ2) is 5.63. The number of aliphatic hydroxyl groups is 1. The fraction of sp³-hybridized carbons (Fsp3) is 0.500.